The standard InChI is InChI=1S/C23H20N2O4S/c1-2-25(21-8-4-3-5-9-21)30(27,28)22-10-6-7-20(15-22)23(26)29-17-19-13-11-18(16-24)12-14-19/h3-15H,2,17H2,1H3. The van der Waals surface area contributed by atoms with Crippen LogP contribution >= 0.6 is 0 Å². The number of anilines is 1. The number of benzene rings is 3. The minimum absolute atomic E-state index is 0.0148. The van der Waals surface area contributed by atoms with Crippen LogP contribution < -0.4 is 4.31 Å². The van der Waals surface area contributed by atoms with Gasteiger partial charge in [-0.1, -0.05) is 36.4 Å². The molecule has 0 aliphatic heterocycles. The summed E-state index contributed by atoms with van der Waals surface area (Å²) in [6, 6.07) is 23.3. The summed E-state index contributed by atoms with van der Waals surface area (Å²) in [5.41, 5.74) is 1.94. The first-order chi connectivity index (χ1) is 14.5. The molecule has 30 heavy (non-hydrogen) atoms. The van der Waals surface area contributed by atoms with E-state index in [1.165, 1.54) is 28.6 Å². The quantitative estimate of drug-likeness (QED) is 0.536. The number of ether oxygens (including phenoxy) is 1. The van der Waals surface area contributed by atoms with E-state index in [0.29, 0.717) is 11.3 Å². The molecule has 0 aromatic heterocycles. The highest BCUT2D eigenvalue weighted by Gasteiger charge is 2.24. The van der Waals surface area contributed by atoms with Crippen molar-refractivity contribution in [1.29, 1.82) is 5.26 Å². The molecule has 0 amide bonds. The topological polar surface area (TPSA) is 87.5 Å². The largest absolute Gasteiger partial charge is 0.457 e. The Morgan fingerprint density at radius 3 is 2.33 bits per heavy atom. The Hall–Kier alpha value is -3.63. The highest BCUT2D eigenvalue weighted by molar-refractivity contribution is 7.92. The van der Waals surface area contributed by atoms with Crippen LogP contribution in [0.5, 0.6) is 0 Å². The van der Waals surface area contributed by atoms with Crippen LogP contribution in [-0.2, 0) is 21.4 Å². The molecule has 0 atom stereocenters. The highest BCUT2D eigenvalue weighted by atomic mass is 32.2. The predicted molar refractivity (Wildman–Crippen MR) is 113 cm³/mol. The molecule has 3 aromatic rings. The predicted octanol–water partition coefficient (Wildman–Crippen LogP) is 4.13. The Morgan fingerprint density at radius 2 is 1.70 bits per heavy atom. The smallest absolute Gasteiger partial charge is 0.338 e. The summed E-state index contributed by atoms with van der Waals surface area (Å²) in [4.78, 5) is 12.5. The number of rotatable bonds is 7. The Kier molecular flexibility index (Phi) is 6.50. The summed E-state index contributed by atoms with van der Waals surface area (Å²) < 4.78 is 32.8. The lowest BCUT2D eigenvalue weighted by atomic mass is 10.1. The van der Waals surface area contributed by atoms with Gasteiger partial charge in [0.05, 0.1) is 27.8 Å². The molecule has 0 unspecified atom stereocenters. The zero-order valence-corrected chi connectivity index (χ0v) is 17.2. The molecule has 152 valence electrons. The molecule has 0 saturated heterocycles. The number of para-hydroxylation sites is 1. The summed E-state index contributed by atoms with van der Waals surface area (Å²) in [5, 5.41) is 8.83. The number of nitriles is 1. The monoisotopic (exact) mass is 420 g/mol. The molecule has 0 aliphatic rings. The highest BCUT2D eigenvalue weighted by Crippen LogP contribution is 2.24. The van der Waals surface area contributed by atoms with Crippen molar-refractivity contribution in [3.8, 4) is 6.07 Å². The Bertz CT molecular complexity index is 1170. The van der Waals surface area contributed by atoms with Crippen LogP contribution in [0.3, 0.4) is 0 Å². The number of carbonyl (C=O) groups excluding carboxylic acids is 1. The molecule has 0 bridgehead atoms. The SMILES string of the molecule is CCN(c1ccccc1)S(=O)(=O)c1cccc(C(=O)OCc2ccc(C#N)cc2)c1. The molecule has 0 saturated carbocycles. The third kappa shape index (κ3) is 4.67. The molecule has 3 rings (SSSR count). The van der Waals surface area contributed by atoms with Crippen LogP contribution in [0.1, 0.15) is 28.4 Å². The van der Waals surface area contributed by atoms with Gasteiger partial charge in [0.25, 0.3) is 10.0 Å². The third-order valence-corrected chi connectivity index (χ3v) is 6.34. The lowest BCUT2D eigenvalue weighted by Gasteiger charge is -2.23. The third-order valence-electron chi connectivity index (χ3n) is 4.44. The van der Waals surface area contributed by atoms with E-state index in [0.717, 1.165) is 5.56 Å². The maximum atomic E-state index is 13.1. The number of esters is 1. The maximum absolute atomic E-state index is 13.1. The minimum atomic E-state index is -3.84. The molecule has 0 spiro atoms. The van der Waals surface area contributed by atoms with Crippen LogP contribution in [0.15, 0.2) is 83.8 Å². The maximum Gasteiger partial charge on any atom is 0.338 e. The average Bonchev–Trinajstić information content (AvgIpc) is 2.79. The van der Waals surface area contributed by atoms with Gasteiger partial charge in [0.15, 0.2) is 0 Å². The van der Waals surface area contributed by atoms with Crippen LogP contribution in [0.2, 0.25) is 0 Å². The zero-order valence-electron chi connectivity index (χ0n) is 16.4. The van der Waals surface area contributed by atoms with E-state index in [1.807, 2.05) is 12.1 Å². The van der Waals surface area contributed by atoms with Crippen molar-refractivity contribution < 1.29 is 17.9 Å². The number of sulfonamides is 1. The fraction of sp³-hybridized carbons (Fsp3) is 0.130. The van der Waals surface area contributed by atoms with Gasteiger partial charge in [0.1, 0.15) is 6.61 Å². The van der Waals surface area contributed by atoms with Gasteiger partial charge in [-0.05, 0) is 55.0 Å². The number of carbonyl (C=O) groups is 1. The molecule has 0 N–H and O–H groups in total. The Morgan fingerprint density at radius 1 is 1.00 bits per heavy atom. The molecule has 0 fully saturated rings. The molecule has 7 heteroatoms. The minimum Gasteiger partial charge on any atom is -0.457 e. The molecule has 0 radical (unpaired) electrons. The van der Waals surface area contributed by atoms with Gasteiger partial charge in [-0.3, -0.25) is 4.31 Å². The van der Waals surface area contributed by atoms with Crippen molar-refractivity contribution in [1.82, 2.24) is 0 Å². The second-order valence-electron chi connectivity index (χ2n) is 6.42. The summed E-state index contributed by atoms with van der Waals surface area (Å²) in [6.45, 7) is 2.02. The summed E-state index contributed by atoms with van der Waals surface area (Å²) in [7, 11) is -3.84. The molecular weight excluding hydrogens is 400 g/mol. The van der Waals surface area contributed by atoms with E-state index < -0.39 is 16.0 Å². The van der Waals surface area contributed by atoms with E-state index in [-0.39, 0.29) is 23.6 Å². The number of hydrogen-bond donors (Lipinski definition) is 0. The van der Waals surface area contributed by atoms with E-state index in [9.17, 15) is 13.2 Å². The van der Waals surface area contributed by atoms with Crippen LogP contribution in [0.25, 0.3) is 0 Å². The van der Waals surface area contributed by atoms with Crippen molar-refractivity contribution in [2.75, 3.05) is 10.8 Å². The second kappa shape index (κ2) is 9.25. The zero-order chi connectivity index (χ0) is 21.6. The van der Waals surface area contributed by atoms with Crippen molar-refractivity contribution >= 4 is 21.7 Å². The lowest BCUT2D eigenvalue weighted by Crippen LogP contribution is -2.30. The summed E-state index contributed by atoms with van der Waals surface area (Å²) in [6.07, 6.45) is 0. The van der Waals surface area contributed by atoms with E-state index in [4.69, 9.17) is 10.00 Å². The number of nitrogens with zero attached hydrogens (tertiary/aromatic N) is 2. The van der Waals surface area contributed by atoms with Gasteiger partial charge in [0, 0.05) is 6.54 Å². The molecule has 3 aromatic carbocycles. The fourth-order valence-electron chi connectivity index (χ4n) is 2.90. The van der Waals surface area contributed by atoms with Gasteiger partial charge in [-0.15, -0.1) is 0 Å². The van der Waals surface area contributed by atoms with Crippen molar-refractivity contribution in [3.63, 3.8) is 0 Å². The van der Waals surface area contributed by atoms with Crippen molar-refractivity contribution in [3.05, 3.63) is 95.6 Å². The van der Waals surface area contributed by atoms with Gasteiger partial charge < -0.3 is 4.74 Å². The van der Waals surface area contributed by atoms with E-state index in [2.05, 4.69) is 0 Å². The second-order valence-corrected chi connectivity index (χ2v) is 8.28. The first-order valence-electron chi connectivity index (χ1n) is 9.29. The van der Waals surface area contributed by atoms with Crippen molar-refractivity contribution in [2.24, 2.45) is 0 Å². The first kappa shape index (κ1) is 21.1. The van der Waals surface area contributed by atoms with E-state index in [1.54, 1.807) is 55.5 Å². The Balaban J connectivity index is 1.79. The van der Waals surface area contributed by atoms with Crippen LogP contribution in [0.4, 0.5) is 5.69 Å². The van der Waals surface area contributed by atoms with Gasteiger partial charge in [-0.25, -0.2) is 13.2 Å². The van der Waals surface area contributed by atoms with Gasteiger partial charge in [0.2, 0.25) is 0 Å². The van der Waals surface area contributed by atoms with E-state index >= 15 is 0 Å². The molecule has 0 heterocycles. The van der Waals surface area contributed by atoms with Crippen molar-refractivity contribution in [2.45, 2.75) is 18.4 Å². The summed E-state index contributed by atoms with van der Waals surface area (Å²) >= 11 is 0. The van der Waals surface area contributed by atoms with Crippen LogP contribution in [-0.4, -0.2) is 20.9 Å². The summed E-state index contributed by atoms with van der Waals surface area (Å²) in [5.74, 6) is -0.626. The Labute approximate surface area is 176 Å². The van der Waals surface area contributed by atoms with Gasteiger partial charge >= 0.3 is 5.97 Å². The van der Waals surface area contributed by atoms with Crippen LogP contribution in [0, 0.1) is 11.3 Å². The molecule has 0 aliphatic carbocycles. The number of hydrogen-bond acceptors (Lipinski definition) is 5. The molecular formula is C23H20N2O4S. The normalized spacial score (nSPS) is 10.8. The lowest BCUT2D eigenvalue weighted by molar-refractivity contribution is 0.0472. The van der Waals surface area contributed by atoms with Gasteiger partial charge in [-0.2, -0.15) is 5.26 Å². The first-order valence-corrected chi connectivity index (χ1v) is 10.7. The average molecular weight is 420 g/mol. The molecule has 6 nitrogen and oxygen atoms in total. The fourth-order valence-corrected chi connectivity index (χ4v) is 4.42.